The summed E-state index contributed by atoms with van der Waals surface area (Å²) in [5.41, 5.74) is 2.53. The Bertz CT molecular complexity index is 863. The van der Waals surface area contributed by atoms with Crippen molar-refractivity contribution in [2.45, 2.75) is 30.3 Å². The SMILES string of the molecule is O=C(NO)c1ccc(CN(C2CC2)S(=O)(=O)c2ccc(F)cc2)cc1. The van der Waals surface area contributed by atoms with Gasteiger partial charge in [0.1, 0.15) is 5.82 Å². The molecule has 1 saturated carbocycles. The molecule has 25 heavy (non-hydrogen) atoms. The molecule has 1 amide bonds. The maximum absolute atomic E-state index is 13.1. The monoisotopic (exact) mass is 364 g/mol. The van der Waals surface area contributed by atoms with Crippen LogP contribution in [0.1, 0.15) is 28.8 Å². The molecule has 1 aliphatic rings. The quantitative estimate of drug-likeness (QED) is 0.608. The molecule has 0 bridgehead atoms. The number of halogens is 1. The first-order chi connectivity index (χ1) is 11.9. The molecule has 0 radical (unpaired) electrons. The standard InChI is InChI=1S/C17H17FN2O4S/c18-14-5-9-16(10-6-14)25(23,24)20(15-7-8-15)11-12-1-3-13(4-2-12)17(21)19-22/h1-6,9-10,15,22H,7-8,11H2,(H,19,21). The molecule has 6 nitrogen and oxygen atoms in total. The van der Waals surface area contributed by atoms with Crippen LogP contribution < -0.4 is 5.48 Å². The van der Waals surface area contributed by atoms with Crippen molar-refractivity contribution in [1.82, 2.24) is 9.79 Å². The zero-order chi connectivity index (χ0) is 18.0. The first-order valence-electron chi connectivity index (χ1n) is 7.72. The van der Waals surface area contributed by atoms with Crippen LogP contribution in [0.4, 0.5) is 4.39 Å². The molecule has 0 heterocycles. The van der Waals surface area contributed by atoms with E-state index in [0.29, 0.717) is 5.56 Å². The zero-order valence-corrected chi connectivity index (χ0v) is 14.0. The predicted molar refractivity (Wildman–Crippen MR) is 87.8 cm³/mol. The molecular weight excluding hydrogens is 347 g/mol. The first kappa shape index (κ1) is 17.5. The summed E-state index contributed by atoms with van der Waals surface area (Å²) in [5.74, 6) is -1.13. The van der Waals surface area contributed by atoms with Crippen LogP contribution in [0.5, 0.6) is 0 Å². The number of nitrogens with zero attached hydrogens (tertiary/aromatic N) is 1. The normalized spacial score (nSPS) is 14.5. The Labute approximate surface area is 144 Å². The van der Waals surface area contributed by atoms with Gasteiger partial charge in [-0.15, -0.1) is 0 Å². The maximum Gasteiger partial charge on any atom is 0.274 e. The number of hydrogen-bond acceptors (Lipinski definition) is 4. The van der Waals surface area contributed by atoms with Gasteiger partial charge in [0.15, 0.2) is 0 Å². The van der Waals surface area contributed by atoms with E-state index in [0.717, 1.165) is 25.0 Å². The smallest absolute Gasteiger partial charge is 0.274 e. The van der Waals surface area contributed by atoms with Crippen molar-refractivity contribution in [1.29, 1.82) is 0 Å². The van der Waals surface area contributed by atoms with Crippen LogP contribution in [0.2, 0.25) is 0 Å². The Morgan fingerprint density at radius 2 is 1.72 bits per heavy atom. The lowest BCUT2D eigenvalue weighted by Gasteiger charge is -2.22. The second-order valence-corrected chi connectivity index (χ2v) is 7.76. The third kappa shape index (κ3) is 3.87. The van der Waals surface area contributed by atoms with Crippen molar-refractivity contribution in [3.63, 3.8) is 0 Å². The first-order valence-corrected chi connectivity index (χ1v) is 9.16. The number of carbonyl (C=O) groups excluding carboxylic acids is 1. The third-order valence-corrected chi connectivity index (χ3v) is 5.94. The van der Waals surface area contributed by atoms with Crippen LogP contribution >= 0.6 is 0 Å². The predicted octanol–water partition coefficient (Wildman–Crippen LogP) is 2.30. The lowest BCUT2D eigenvalue weighted by atomic mass is 10.1. The summed E-state index contributed by atoms with van der Waals surface area (Å²) < 4.78 is 40.2. The van der Waals surface area contributed by atoms with E-state index in [2.05, 4.69) is 0 Å². The van der Waals surface area contributed by atoms with Crippen molar-refractivity contribution >= 4 is 15.9 Å². The van der Waals surface area contributed by atoms with Gasteiger partial charge in [0.25, 0.3) is 5.91 Å². The van der Waals surface area contributed by atoms with Crippen molar-refractivity contribution in [2.24, 2.45) is 0 Å². The summed E-state index contributed by atoms with van der Waals surface area (Å²) >= 11 is 0. The van der Waals surface area contributed by atoms with Gasteiger partial charge in [-0.1, -0.05) is 12.1 Å². The molecule has 0 aromatic heterocycles. The highest BCUT2D eigenvalue weighted by Gasteiger charge is 2.38. The highest BCUT2D eigenvalue weighted by atomic mass is 32.2. The Balaban J connectivity index is 1.84. The Morgan fingerprint density at radius 1 is 1.12 bits per heavy atom. The molecule has 0 aliphatic heterocycles. The second kappa shape index (κ2) is 6.91. The minimum Gasteiger partial charge on any atom is -0.288 e. The summed E-state index contributed by atoms with van der Waals surface area (Å²) in [6.45, 7) is 0.158. The van der Waals surface area contributed by atoms with Gasteiger partial charge in [-0.2, -0.15) is 4.31 Å². The minimum atomic E-state index is -3.74. The van der Waals surface area contributed by atoms with Crippen LogP contribution in [0.25, 0.3) is 0 Å². The molecule has 3 rings (SSSR count). The zero-order valence-electron chi connectivity index (χ0n) is 13.2. The van der Waals surface area contributed by atoms with Crippen molar-refractivity contribution in [3.8, 4) is 0 Å². The molecule has 8 heteroatoms. The number of nitrogens with one attached hydrogen (secondary N) is 1. The number of carbonyl (C=O) groups is 1. The van der Waals surface area contributed by atoms with Gasteiger partial charge in [0.2, 0.25) is 10.0 Å². The lowest BCUT2D eigenvalue weighted by molar-refractivity contribution is 0.0706. The Kier molecular flexibility index (Phi) is 4.85. The van der Waals surface area contributed by atoms with Gasteiger partial charge in [-0.05, 0) is 54.8 Å². The molecule has 0 saturated heterocycles. The minimum absolute atomic E-state index is 0.0529. The highest BCUT2D eigenvalue weighted by Crippen LogP contribution is 2.33. The van der Waals surface area contributed by atoms with Crippen molar-refractivity contribution in [3.05, 3.63) is 65.5 Å². The fraction of sp³-hybridized carbons (Fsp3) is 0.235. The van der Waals surface area contributed by atoms with Gasteiger partial charge < -0.3 is 0 Å². The van der Waals surface area contributed by atoms with E-state index in [1.54, 1.807) is 17.6 Å². The average molecular weight is 364 g/mol. The fourth-order valence-corrected chi connectivity index (χ4v) is 4.19. The number of rotatable bonds is 6. The molecule has 1 fully saturated rings. The number of amides is 1. The van der Waals surface area contributed by atoms with Crippen LogP contribution in [0, 0.1) is 5.82 Å². The summed E-state index contributed by atoms with van der Waals surface area (Å²) in [6, 6.07) is 11.0. The van der Waals surface area contributed by atoms with Gasteiger partial charge in [0.05, 0.1) is 4.90 Å². The van der Waals surface area contributed by atoms with Gasteiger partial charge in [-0.3, -0.25) is 10.0 Å². The van der Waals surface area contributed by atoms with Crippen LogP contribution in [-0.2, 0) is 16.6 Å². The molecule has 0 atom stereocenters. The molecule has 0 spiro atoms. The highest BCUT2D eigenvalue weighted by molar-refractivity contribution is 7.89. The molecule has 1 aliphatic carbocycles. The molecular formula is C17H17FN2O4S. The summed E-state index contributed by atoms with van der Waals surface area (Å²) in [5, 5.41) is 8.62. The van der Waals surface area contributed by atoms with E-state index in [1.807, 2.05) is 0 Å². The molecule has 2 N–H and O–H groups in total. The van der Waals surface area contributed by atoms with E-state index in [9.17, 15) is 17.6 Å². The van der Waals surface area contributed by atoms with Gasteiger partial charge in [0, 0.05) is 18.2 Å². The van der Waals surface area contributed by atoms with Crippen LogP contribution in [0.3, 0.4) is 0 Å². The Hall–Kier alpha value is -2.29. The molecule has 2 aromatic carbocycles. The van der Waals surface area contributed by atoms with E-state index in [1.165, 1.54) is 28.6 Å². The Morgan fingerprint density at radius 3 is 2.24 bits per heavy atom. The third-order valence-electron chi connectivity index (χ3n) is 4.03. The lowest BCUT2D eigenvalue weighted by Crippen LogP contribution is -2.32. The molecule has 2 aromatic rings. The summed E-state index contributed by atoms with van der Waals surface area (Å²) in [7, 11) is -3.74. The van der Waals surface area contributed by atoms with Gasteiger partial charge >= 0.3 is 0 Å². The summed E-state index contributed by atoms with van der Waals surface area (Å²) in [6.07, 6.45) is 1.57. The second-order valence-electron chi connectivity index (χ2n) is 5.87. The maximum atomic E-state index is 13.1. The van der Waals surface area contributed by atoms with Crippen molar-refractivity contribution < 1.29 is 22.8 Å². The number of sulfonamides is 1. The van der Waals surface area contributed by atoms with E-state index in [-0.39, 0.29) is 23.0 Å². The van der Waals surface area contributed by atoms with Gasteiger partial charge in [-0.25, -0.2) is 18.3 Å². The average Bonchev–Trinajstić information content (AvgIpc) is 3.44. The summed E-state index contributed by atoms with van der Waals surface area (Å²) in [4.78, 5) is 11.4. The van der Waals surface area contributed by atoms with Crippen LogP contribution in [-0.4, -0.2) is 29.9 Å². The van der Waals surface area contributed by atoms with Crippen LogP contribution in [0.15, 0.2) is 53.4 Å². The largest absolute Gasteiger partial charge is 0.288 e. The number of hydroxylamine groups is 1. The topological polar surface area (TPSA) is 86.7 Å². The van der Waals surface area contributed by atoms with E-state index >= 15 is 0 Å². The van der Waals surface area contributed by atoms with E-state index < -0.39 is 21.7 Å². The number of hydrogen-bond donors (Lipinski definition) is 2. The van der Waals surface area contributed by atoms with E-state index in [4.69, 9.17) is 5.21 Å². The van der Waals surface area contributed by atoms with Crippen molar-refractivity contribution in [2.75, 3.05) is 0 Å². The molecule has 0 unspecified atom stereocenters. The number of benzene rings is 2. The fourth-order valence-electron chi connectivity index (χ4n) is 2.52. The molecule has 132 valence electrons.